The fourth-order valence-corrected chi connectivity index (χ4v) is 3.22. The van der Waals surface area contributed by atoms with Crippen molar-refractivity contribution in [1.82, 2.24) is 10.2 Å². The van der Waals surface area contributed by atoms with Gasteiger partial charge in [-0.15, -0.1) is 0 Å². The number of nitrogens with one attached hydrogen (secondary N) is 1. The largest absolute Gasteiger partial charge is 0.396 e. The highest BCUT2D eigenvalue weighted by molar-refractivity contribution is 5.75. The van der Waals surface area contributed by atoms with Crippen LogP contribution in [0.5, 0.6) is 0 Å². The molecule has 1 saturated heterocycles. The van der Waals surface area contributed by atoms with Crippen LogP contribution in [-0.2, 0) is 0 Å². The first kappa shape index (κ1) is 15.3. The summed E-state index contributed by atoms with van der Waals surface area (Å²) in [5.74, 6) is 0.946. The van der Waals surface area contributed by atoms with Crippen LogP contribution < -0.4 is 5.32 Å². The maximum Gasteiger partial charge on any atom is 0.317 e. The average Bonchev–Trinajstić information content (AvgIpc) is 3.38. The lowest BCUT2D eigenvalue weighted by Crippen LogP contribution is -2.46. The number of urea groups is 1. The van der Waals surface area contributed by atoms with E-state index < -0.39 is 0 Å². The predicted molar refractivity (Wildman–Crippen MR) is 86.6 cm³/mol. The molecule has 1 aromatic carbocycles. The number of hydrogen-bond acceptors (Lipinski definition) is 2. The predicted octanol–water partition coefficient (Wildman–Crippen LogP) is 2.86. The number of aliphatic hydroxyl groups is 1. The summed E-state index contributed by atoms with van der Waals surface area (Å²) < 4.78 is 0. The van der Waals surface area contributed by atoms with Crippen LogP contribution >= 0.6 is 0 Å². The Morgan fingerprint density at radius 1 is 1.23 bits per heavy atom. The van der Waals surface area contributed by atoms with Gasteiger partial charge in [-0.1, -0.05) is 29.8 Å². The molecule has 0 spiro atoms. The molecule has 1 aliphatic carbocycles. The molecular weight excluding hydrogens is 276 g/mol. The Hall–Kier alpha value is -1.55. The Morgan fingerprint density at radius 2 is 1.86 bits per heavy atom. The van der Waals surface area contributed by atoms with Gasteiger partial charge in [-0.25, -0.2) is 4.79 Å². The van der Waals surface area contributed by atoms with Crippen molar-refractivity contribution in [1.29, 1.82) is 0 Å². The van der Waals surface area contributed by atoms with Crippen molar-refractivity contribution in [2.24, 2.45) is 11.8 Å². The highest BCUT2D eigenvalue weighted by Crippen LogP contribution is 2.41. The zero-order chi connectivity index (χ0) is 15.5. The minimum atomic E-state index is 0.0499. The van der Waals surface area contributed by atoms with Gasteiger partial charge in [0.1, 0.15) is 0 Å². The fourth-order valence-electron chi connectivity index (χ4n) is 3.22. The summed E-state index contributed by atoms with van der Waals surface area (Å²) in [6.07, 6.45) is 4.21. The smallest absolute Gasteiger partial charge is 0.317 e. The average molecular weight is 302 g/mol. The summed E-state index contributed by atoms with van der Waals surface area (Å²) in [6, 6.07) is 8.69. The molecule has 3 rings (SSSR count). The van der Waals surface area contributed by atoms with E-state index in [0.29, 0.717) is 11.8 Å². The molecule has 0 bridgehead atoms. The third-order valence-corrected chi connectivity index (χ3v) is 4.97. The van der Waals surface area contributed by atoms with Crippen molar-refractivity contribution >= 4 is 6.03 Å². The molecule has 120 valence electrons. The Morgan fingerprint density at radius 3 is 2.41 bits per heavy atom. The molecule has 2 amide bonds. The van der Waals surface area contributed by atoms with Gasteiger partial charge in [-0.05, 0) is 50.0 Å². The van der Waals surface area contributed by atoms with Crippen LogP contribution in [0.4, 0.5) is 4.79 Å². The maximum atomic E-state index is 12.5. The molecular formula is C18H26N2O2. The number of likely N-dealkylation sites (tertiary alicyclic amines) is 1. The molecule has 0 radical (unpaired) electrons. The van der Waals surface area contributed by atoms with Gasteiger partial charge in [0.15, 0.2) is 0 Å². The van der Waals surface area contributed by atoms with Crippen molar-refractivity contribution in [3.05, 3.63) is 35.4 Å². The number of amides is 2. The van der Waals surface area contributed by atoms with Crippen LogP contribution in [0.25, 0.3) is 0 Å². The van der Waals surface area contributed by atoms with Crippen molar-refractivity contribution in [3.63, 3.8) is 0 Å². The van der Waals surface area contributed by atoms with Crippen LogP contribution in [0.1, 0.15) is 42.9 Å². The van der Waals surface area contributed by atoms with Gasteiger partial charge in [0.2, 0.25) is 0 Å². The minimum absolute atomic E-state index is 0.0499. The quantitative estimate of drug-likeness (QED) is 0.898. The monoisotopic (exact) mass is 302 g/mol. The highest BCUT2D eigenvalue weighted by Gasteiger charge is 2.34. The lowest BCUT2D eigenvalue weighted by Gasteiger charge is -2.32. The summed E-state index contributed by atoms with van der Waals surface area (Å²) >= 11 is 0. The second-order valence-corrected chi connectivity index (χ2v) is 6.79. The Kier molecular flexibility index (Phi) is 4.67. The molecule has 1 heterocycles. The standard InChI is InChI=1S/C18H26N2O2/c1-13-2-4-15(5-3-13)17(16-6-7-16)19-18(22)20-10-8-14(12-21)9-11-20/h2-5,14,16-17,21H,6-12H2,1H3,(H,19,22). The lowest BCUT2D eigenvalue weighted by molar-refractivity contribution is 0.135. The van der Waals surface area contributed by atoms with E-state index in [-0.39, 0.29) is 18.7 Å². The zero-order valence-corrected chi connectivity index (χ0v) is 13.3. The fraction of sp³-hybridized carbons (Fsp3) is 0.611. The second-order valence-electron chi connectivity index (χ2n) is 6.79. The van der Waals surface area contributed by atoms with Gasteiger partial charge < -0.3 is 15.3 Å². The topological polar surface area (TPSA) is 52.6 Å². The maximum absolute atomic E-state index is 12.5. The Bertz CT molecular complexity index is 502. The van der Waals surface area contributed by atoms with Crippen molar-refractivity contribution < 1.29 is 9.90 Å². The Balaban J connectivity index is 1.62. The van der Waals surface area contributed by atoms with Gasteiger partial charge in [0.05, 0.1) is 6.04 Å². The van der Waals surface area contributed by atoms with E-state index in [1.54, 1.807) is 0 Å². The molecule has 0 aromatic heterocycles. The summed E-state index contributed by atoms with van der Waals surface area (Å²) in [6.45, 7) is 3.83. The third-order valence-electron chi connectivity index (χ3n) is 4.97. The SMILES string of the molecule is Cc1ccc(C(NC(=O)N2CCC(CO)CC2)C2CC2)cc1. The van der Waals surface area contributed by atoms with Gasteiger partial charge in [-0.3, -0.25) is 0 Å². The van der Waals surface area contributed by atoms with Gasteiger partial charge in [-0.2, -0.15) is 0 Å². The summed E-state index contributed by atoms with van der Waals surface area (Å²) in [4.78, 5) is 14.4. The molecule has 2 aliphatic rings. The number of carbonyl (C=O) groups is 1. The molecule has 4 heteroatoms. The lowest BCUT2D eigenvalue weighted by atomic mass is 9.98. The van der Waals surface area contributed by atoms with Crippen LogP contribution in [0.15, 0.2) is 24.3 Å². The minimum Gasteiger partial charge on any atom is -0.396 e. The molecule has 1 aliphatic heterocycles. The van der Waals surface area contributed by atoms with E-state index in [0.717, 1.165) is 25.9 Å². The Labute approximate surface area is 132 Å². The number of nitrogens with zero attached hydrogens (tertiary/aromatic N) is 1. The van der Waals surface area contributed by atoms with Gasteiger partial charge >= 0.3 is 6.03 Å². The number of piperidine rings is 1. The van der Waals surface area contributed by atoms with Crippen LogP contribution in [0, 0.1) is 18.8 Å². The summed E-state index contributed by atoms with van der Waals surface area (Å²) in [5, 5.41) is 12.4. The van der Waals surface area contributed by atoms with E-state index in [1.165, 1.54) is 24.0 Å². The number of rotatable bonds is 4. The molecule has 1 atom stereocenters. The van der Waals surface area contributed by atoms with E-state index in [9.17, 15) is 9.90 Å². The van der Waals surface area contributed by atoms with E-state index in [4.69, 9.17) is 0 Å². The zero-order valence-electron chi connectivity index (χ0n) is 13.3. The first-order valence-corrected chi connectivity index (χ1v) is 8.40. The van der Waals surface area contributed by atoms with Crippen molar-refractivity contribution in [2.75, 3.05) is 19.7 Å². The van der Waals surface area contributed by atoms with E-state index in [1.807, 2.05) is 4.90 Å². The van der Waals surface area contributed by atoms with E-state index >= 15 is 0 Å². The molecule has 1 saturated carbocycles. The van der Waals surface area contributed by atoms with Crippen LogP contribution in [-0.4, -0.2) is 35.7 Å². The normalized spacial score (nSPS) is 20.7. The summed E-state index contributed by atoms with van der Waals surface area (Å²) in [5.41, 5.74) is 2.46. The van der Waals surface area contributed by atoms with Crippen LogP contribution in [0.2, 0.25) is 0 Å². The number of benzene rings is 1. The van der Waals surface area contributed by atoms with E-state index in [2.05, 4.69) is 36.5 Å². The van der Waals surface area contributed by atoms with Crippen LogP contribution in [0.3, 0.4) is 0 Å². The highest BCUT2D eigenvalue weighted by atomic mass is 16.3. The first-order valence-electron chi connectivity index (χ1n) is 8.40. The van der Waals surface area contributed by atoms with Crippen molar-refractivity contribution in [3.8, 4) is 0 Å². The molecule has 2 fully saturated rings. The molecule has 1 unspecified atom stereocenters. The molecule has 22 heavy (non-hydrogen) atoms. The number of aliphatic hydroxyl groups excluding tert-OH is 1. The summed E-state index contributed by atoms with van der Waals surface area (Å²) in [7, 11) is 0. The number of aryl methyl sites for hydroxylation is 1. The second kappa shape index (κ2) is 6.69. The van der Waals surface area contributed by atoms with Gasteiger partial charge in [0.25, 0.3) is 0 Å². The number of carbonyl (C=O) groups excluding carboxylic acids is 1. The third kappa shape index (κ3) is 3.61. The first-order chi connectivity index (χ1) is 10.7. The van der Waals surface area contributed by atoms with Gasteiger partial charge in [0, 0.05) is 19.7 Å². The molecule has 4 nitrogen and oxygen atoms in total. The van der Waals surface area contributed by atoms with Crippen molar-refractivity contribution in [2.45, 2.75) is 38.6 Å². The molecule has 1 aromatic rings. The molecule has 2 N–H and O–H groups in total. The number of hydrogen-bond donors (Lipinski definition) is 2.